The maximum absolute atomic E-state index is 4.51. The van der Waals surface area contributed by atoms with Crippen molar-refractivity contribution in [3.05, 3.63) is 16.1 Å². The van der Waals surface area contributed by atoms with Gasteiger partial charge in [-0.05, 0) is 33.1 Å². The monoisotopic (exact) mass is 265 g/mol. The molecule has 0 aromatic carbocycles. The van der Waals surface area contributed by atoms with E-state index in [9.17, 15) is 0 Å². The number of nitrogens with zero attached hydrogens (tertiary/aromatic N) is 2. The van der Waals surface area contributed by atoms with E-state index in [4.69, 9.17) is 0 Å². The highest BCUT2D eigenvalue weighted by atomic mass is 32.1. The Hall–Kier alpha value is -0.450. The zero-order valence-electron chi connectivity index (χ0n) is 11.4. The van der Waals surface area contributed by atoms with Gasteiger partial charge >= 0.3 is 0 Å². The predicted octanol–water partition coefficient (Wildman–Crippen LogP) is 2.21. The molecule has 4 heteroatoms. The fourth-order valence-corrected chi connectivity index (χ4v) is 3.69. The van der Waals surface area contributed by atoms with Crippen LogP contribution in [0.5, 0.6) is 0 Å². The molecule has 2 unspecified atom stereocenters. The van der Waals surface area contributed by atoms with Crippen molar-refractivity contribution in [2.45, 2.75) is 57.7 Å². The summed E-state index contributed by atoms with van der Waals surface area (Å²) in [6.07, 6.45) is 5.23. The third kappa shape index (κ3) is 2.92. The fraction of sp³-hybridized carbons (Fsp3) is 0.786. The summed E-state index contributed by atoms with van der Waals surface area (Å²) < 4.78 is 0. The molecular formula is C14H23N3S. The van der Waals surface area contributed by atoms with Gasteiger partial charge in [0, 0.05) is 43.0 Å². The molecule has 1 saturated carbocycles. The topological polar surface area (TPSA) is 28.2 Å². The third-order valence-corrected chi connectivity index (χ3v) is 4.94. The molecule has 0 radical (unpaired) electrons. The van der Waals surface area contributed by atoms with Crippen LogP contribution in [0.1, 0.15) is 36.9 Å². The summed E-state index contributed by atoms with van der Waals surface area (Å²) in [5, 5.41) is 7.07. The lowest BCUT2D eigenvalue weighted by molar-refractivity contribution is 0.255. The van der Waals surface area contributed by atoms with Crippen LogP contribution in [0.15, 0.2) is 5.38 Å². The van der Waals surface area contributed by atoms with Crippen molar-refractivity contribution in [2.75, 3.05) is 13.1 Å². The second-order valence-corrected chi connectivity index (χ2v) is 6.83. The summed E-state index contributed by atoms with van der Waals surface area (Å²) >= 11 is 1.75. The fourth-order valence-electron chi connectivity index (χ4n) is 3.05. The molecule has 0 amide bonds. The first kappa shape index (κ1) is 12.6. The van der Waals surface area contributed by atoms with Crippen LogP contribution in [-0.4, -0.2) is 41.1 Å². The smallest absolute Gasteiger partial charge is 0.0897 e. The molecule has 0 bridgehead atoms. The van der Waals surface area contributed by atoms with Crippen molar-refractivity contribution >= 4 is 11.3 Å². The summed E-state index contributed by atoms with van der Waals surface area (Å²) in [4.78, 5) is 7.21. The number of rotatable bonds is 5. The maximum atomic E-state index is 4.51. The second-order valence-electron chi connectivity index (χ2n) is 5.77. The van der Waals surface area contributed by atoms with Crippen molar-refractivity contribution in [1.29, 1.82) is 0 Å². The van der Waals surface area contributed by atoms with E-state index in [1.807, 2.05) is 0 Å². The standard InChI is InChI=1S/C14H23N3S/c1-10-7-13(8-17(10)14-3-4-14)15-6-5-12-9-18-11(2)16-12/h9-10,13-15H,3-8H2,1-2H3. The van der Waals surface area contributed by atoms with Crippen LogP contribution in [0.3, 0.4) is 0 Å². The summed E-state index contributed by atoms with van der Waals surface area (Å²) in [5.74, 6) is 0. The third-order valence-electron chi connectivity index (χ3n) is 4.12. The van der Waals surface area contributed by atoms with Gasteiger partial charge in [0.05, 0.1) is 10.7 Å². The minimum Gasteiger partial charge on any atom is -0.312 e. The Morgan fingerprint density at radius 2 is 2.33 bits per heavy atom. The number of nitrogens with one attached hydrogen (secondary N) is 1. The van der Waals surface area contributed by atoms with Crippen molar-refractivity contribution in [1.82, 2.24) is 15.2 Å². The van der Waals surface area contributed by atoms with Crippen LogP contribution in [0.25, 0.3) is 0 Å². The molecule has 100 valence electrons. The molecule has 1 aromatic rings. The van der Waals surface area contributed by atoms with Gasteiger partial charge in [0.15, 0.2) is 0 Å². The number of hydrogen-bond donors (Lipinski definition) is 1. The Bertz CT molecular complexity index is 399. The van der Waals surface area contributed by atoms with E-state index in [-0.39, 0.29) is 0 Å². The first-order valence-corrected chi connectivity index (χ1v) is 8.00. The molecule has 2 aliphatic rings. The van der Waals surface area contributed by atoms with Crippen molar-refractivity contribution in [2.24, 2.45) is 0 Å². The van der Waals surface area contributed by atoms with E-state index in [2.05, 4.69) is 34.4 Å². The highest BCUT2D eigenvalue weighted by Gasteiger charge is 2.38. The van der Waals surface area contributed by atoms with Crippen LogP contribution < -0.4 is 5.32 Å². The SMILES string of the molecule is Cc1nc(CCNC2CC(C)N(C3CC3)C2)cs1. The Morgan fingerprint density at radius 1 is 1.50 bits per heavy atom. The predicted molar refractivity (Wildman–Crippen MR) is 76.2 cm³/mol. The summed E-state index contributed by atoms with van der Waals surface area (Å²) in [5.41, 5.74) is 1.25. The van der Waals surface area contributed by atoms with Crippen molar-refractivity contribution < 1.29 is 0 Å². The minimum atomic E-state index is 0.695. The molecule has 18 heavy (non-hydrogen) atoms. The Balaban J connectivity index is 1.41. The number of likely N-dealkylation sites (tertiary alicyclic amines) is 1. The first-order valence-electron chi connectivity index (χ1n) is 7.12. The average Bonchev–Trinajstić information content (AvgIpc) is 3.00. The largest absolute Gasteiger partial charge is 0.312 e. The molecule has 1 saturated heterocycles. The van der Waals surface area contributed by atoms with Gasteiger partial charge in [-0.3, -0.25) is 4.90 Å². The van der Waals surface area contributed by atoms with Gasteiger partial charge in [-0.1, -0.05) is 0 Å². The van der Waals surface area contributed by atoms with Gasteiger partial charge in [-0.15, -0.1) is 11.3 Å². The minimum absolute atomic E-state index is 0.695. The van der Waals surface area contributed by atoms with Crippen LogP contribution in [-0.2, 0) is 6.42 Å². The summed E-state index contributed by atoms with van der Waals surface area (Å²) in [6, 6.07) is 2.38. The lowest BCUT2D eigenvalue weighted by atomic mass is 10.2. The number of aromatic nitrogens is 1. The lowest BCUT2D eigenvalue weighted by Crippen LogP contribution is -2.35. The Morgan fingerprint density at radius 3 is 3.00 bits per heavy atom. The van der Waals surface area contributed by atoms with E-state index in [0.717, 1.165) is 25.0 Å². The summed E-state index contributed by atoms with van der Waals surface area (Å²) in [7, 11) is 0. The molecule has 3 nitrogen and oxygen atoms in total. The van der Waals surface area contributed by atoms with E-state index < -0.39 is 0 Å². The molecule has 0 spiro atoms. The van der Waals surface area contributed by atoms with E-state index in [0.29, 0.717) is 6.04 Å². The van der Waals surface area contributed by atoms with E-state index >= 15 is 0 Å². The van der Waals surface area contributed by atoms with Gasteiger partial charge in [0.1, 0.15) is 0 Å². The van der Waals surface area contributed by atoms with Crippen LogP contribution in [0.2, 0.25) is 0 Å². The van der Waals surface area contributed by atoms with E-state index in [1.54, 1.807) is 11.3 Å². The number of aryl methyl sites for hydroxylation is 1. The second kappa shape index (κ2) is 5.27. The van der Waals surface area contributed by atoms with Gasteiger partial charge < -0.3 is 5.32 Å². The Kier molecular flexibility index (Phi) is 3.68. The zero-order valence-corrected chi connectivity index (χ0v) is 12.2. The lowest BCUT2D eigenvalue weighted by Gasteiger charge is -2.19. The van der Waals surface area contributed by atoms with Gasteiger partial charge in [0.2, 0.25) is 0 Å². The van der Waals surface area contributed by atoms with Crippen molar-refractivity contribution in [3.63, 3.8) is 0 Å². The van der Waals surface area contributed by atoms with Crippen LogP contribution >= 0.6 is 11.3 Å². The number of hydrogen-bond acceptors (Lipinski definition) is 4. The maximum Gasteiger partial charge on any atom is 0.0897 e. The summed E-state index contributed by atoms with van der Waals surface area (Å²) in [6.45, 7) is 6.78. The molecule has 1 aliphatic carbocycles. The van der Waals surface area contributed by atoms with Crippen LogP contribution in [0, 0.1) is 6.92 Å². The highest BCUT2D eigenvalue weighted by molar-refractivity contribution is 7.09. The quantitative estimate of drug-likeness (QED) is 0.885. The molecule has 2 fully saturated rings. The van der Waals surface area contributed by atoms with Crippen LogP contribution in [0.4, 0.5) is 0 Å². The normalized spacial score (nSPS) is 29.0. The molecule has 1 aliphatic heterocycles. The Labute approximate surface area is 114 Å². The van der Waals surface area contributed by atoms with Gasteiger partial charge in [-0.25, -0.2) is 4.98 Å². The highest BCUT2D eigenvalue weighted by Crippen LogP contribution is 2.33. The molecule has 2 atom stereocenters. The zero-order chi connectivity index (χ0) is 12.5. The first-order chi connectivity index (χ1) is 8.72. The molecule has 1 N–H and O–H groups in total. The molecule has 2 heterocycles. The van der Waals surface area contributed by atoms with Gasteiger partial charge in [-0.2, -0.15) is 0 Å². The number of thiazole rings is 1. The van der Waals surface area contributed by atoms with E-state index in [1.165, 1.54) is 36.5 Å². The molecular weight excluding hydrogens is 242 g/mol. The average molecular weight is 265 g/mol. The molecule has 3 rings (SSSR count). The van der Waals surface area contributed by atoms with Crippen molar-refractivity contribution in [3.8, 4) is 0 Å². The molecule has 1 aromatic heterocycles. The van der Waals surface area contributed by atoms with Gasteiger partial charge in [0.25, 0.3) is 0 Å².